The van der Waals surface area contributed by atoms with Crippen LogP contribution in [0.25, 0.3) is 0 Å². The standard InChI is InChI=1S/C13H21N3/c1-3-16(9-11-4-5-11)13-7-12(8-14)6-10(2)15-13/h6-7,11H,3-5,8-9,14H2,1-2H3. The highest BCUT2D eigenvalue weighted by Gasteiger charge is 2.24. The molecule has 0 radical (unpaired) electrons. The minimum atomic E-state index is 0.595. The first-order valence-corrected chi connectivity index (χ1v) is 6.15. The predicted molar refractivity (Wildman–Crippen MR) is 67.5 cm³/mol. The van der Waals surface area contributed by atoms with E-state index in [1.54, 1.807) is 0 Å². The van der Waals surface area contributed by atoms with E-state index >= 15 is 0 Å². The van der Waals surface area contributed by atoms with Crippen LogP contribution in [0.5, 0.6) is 0 Å². The van der Waals surface area contributed by atoms with Crippen LogP contribution in [0.2, 0.25) is 0 Å². The van der Waals surface area contributed by atoms with Gasteiger partial charge in [0.05, 0.1) is 0 Å². The molecule has 2 rings (SSSR count). The Labute approximate surface area is 97.7 Å². The fourth-order valence-electron chi connectivity index (χ4n) is 2.00. The number of aromatic nitrogens is 1. The largest absolute Gasteiger partial charge is 0.357 e. The Morgan fingerprint density at radius 2 is 2.19 bits per heavy atom. The van der Waals surface area contributed by atoms with Gasteiger partial charge in [-0.05, 0) is 50.3 Å². The Hall–Kier alpha value is -1.09. The third kappa shape index (κ3) is 2.73. The third-order valence-electron chi connectivity index (χ3n) is 3.12. The summed E-state index contributed by atoms with van der Waals surface area (Å²) in [6.07, 6.45) is 2.76. The SMILES string of the molecule is CCN(CC1CC1)c1cc(CN)cc(C)n1. The number of hydrogen-bond donors (Lipinski definition) is 1. The molecule has 3 nitrogen and oxygen atoms in total. The lowest BCUT2D eigenvalue weighted by Gasteiger charge is -2.22. The van der Waals surface area contributed by atoms with Crippen LogP contribution in [0.15, 0.2) is 12.1 Å². The van der Waals surface area contributed by atoms with Crippen LogP contribution in [0.4, 0.5) is 5.82 Å². The van der Waals surface area contributed by atoms with Gasteiger partial charge in [-0.3, -0.25) is 0 Å². The Kier molecular flexibility index (Phi) is 3.44. The molecule has 1 aromatic rings. The summed E-state index contributed by atoms with van der Waals surface area (Å²) in [6.45, 7) is 6.99. The zero-order chi connectivity index (χ0) is 11.5. The van der Waals surface area contributed by atoms with Crippen LogP contribution in [0.3, 0.4) is 0 Å². The zero-order valence-electron chi connectivity index (χ0n) is 10.2. The van der Waals surface area contributed by atoms with E-state index in [2.05, 4.69) is 28.9 Å². The Balaban J connectivity index is 2.17. The van der Waals surface area contributed by atoms with Gasteiger partial charge in [0, 0.05) is 25.3 Å². The number of pyridine rings is 1. The van der Waals surface area contributed by atoms with E-state index in [0.29, 0.717) is 6.54 Å². The van der Waals surface area contributed by atoms with Crippen LogP contribution >= 0.6 is 0 Å². The molecule has 0 bridgehead atoms. The molecular formula is C13H21N3. The van der Waals surface area contributed by atoms with Gasteiger partial charge in [0.25, 0.3) is 0 Å². The van der Waals surface area contributed by atoms with Crippen molar-refractivity contribution in [2.75, 3.05) is 18.0 Å². The van der Waals surface area contributed by atoms with Crippen molar-refractivity contribution < 1.29 is 0 Å². The second kappa shape index (κ2) is 4.83. The van der Waals surface area contributed by atoms with Crippen LogP contribution in [0.1, 0.15) is 31.0 Å². The fourth-order valence-corrected chi connectivity index (χ4v) is 2.00. The molecule has 1 fully saturated rings. The van der Waals surface area contributed by atoms with E-state index < -0.39 is 0 Å². The summed E-state index contributed by atoms with van der Waals surface area (Å²) in [5.41, 5.74) is 7.94. The van der Waals surface area contributed by atoms with Crippen molar-refractivity contribution in [1.82, 2.24) is 4.98 Å². The van der Waals surface area contributed by atoms with E-state index in [-0.39, 0.29) is 0 Å². The second-order valence-corrected chi connectivity index (χ2v) is 4.66. The van der Waals surface area contributed by atoms with E-state index in [9.17, 15) is 0 Å². The molecular weight excluding hydrogens is 198 g/mol. The number of nitrogens with zero attached hydrogens (tertiary/aromatic N) is 2. The quantitative estimate of drug-likeness (QED) is 0.824. The van der Waals surface area contributed by atoms with Crippen molar-refractivity contribution in [3.63, 3.8) is 0 Å². The first-order chi connectivity index (χ1) is 7.72. The maximum Gasteiger partial charge on any atom is 0.129 e. The lowest BCUT2D eigenvalue weighted by molar-refractivity contribution is 0.729. The van der Waals surface area contributed by atoms with Crippen LogP contribution in [-0.2, 0) is 6.54 Å². The molecule has 0 unspecified atom stereocenters. The fraction of sp³-hybridized carbons (Fsp3) is 0.615. The van der Waals surface area contributed by atoms with Crippen molar-refractivity contribution in [3.8, 4) is 0 Å². The van der Waals surface area contributed by atoms with Crippen molar-refractivity contribution in [3.05, 3.63) is 23.4 Å². The van der Waals surface area contributed by atoms with Gasteiger partial charge in [0.2, 0.25) is 0 Å². The van der Waals surface area contributed by atoms with Crippen LogP contribution in [-0.4, -0.2) is 18.1 Å². The summed E-state index contributed by atoms with van der Waals surface area (Å²) < 4.78 is 0. The first-order valence-electron chi connectivity index (χ1n) is 6.15. The number of aryl methyl sites for hydroxylation is 1. The summed E-state index contributed by atoms with van der Waals surface area (Å²) in [5.74, 6) is 1.98. The molecule has 0 saturated heterocycles. The Morgan fingerprint density at radius 1 is 1.44 bits per heavy atom. The minimum Gasteiger partial charge on any atom is -0.357 e. The van der Waals surface area contributed by atoms with E-state index in [1.807, 2.05) is 6.92 Å². The van der Waals surface area contributed by atoms with Gasteiger partial charge >= 0.3 is 0 Å². The third-order valence-corrected chi connectivity index (χ3v) is 3.12. The maximum absolute atomic E-state index is 5.70. The normalized spacial score (nSPS) is 15.2. The van der Waals surface area contributed by atoms with Gasteiger partial charge in [-0.1, -0.05) is 0 Å². The zero-order valence-corrected chi connectivity index (χ0v) is 10.2. The molecule has 16 heavy (non-hydrogen) atoms. The van der Waals surface area contributed by atoms with Crippen molar-refractivity contribution >= 4 is 5.82 Å². The monoisotopic (exact) mass is 219 g/mol. The lowest BCUT2D eigenvalue weighted by atomic mass is 10.2. The average Bonchev–Trinajstić information content (AvgIpc) is 3.08. The molecule has 0 spiro atoms. The molecule has 0 amide bonds. The van der Waals surface area contributed by atoms with Crippen LogP contribution in [0, 0.1) is 12.8 Å². The summed E-state index contributed by atoms with van der Waals surface area (Å²) in [4.78, 5) is 6.97. The summed E-state index contributed by atoms with van der Waals surface area (Å²) in [6, 6.07) is 4.19. The summed E-state index contributed by atoms with van der Waals surface area (Å²) in [7, 11) is 0. The van der Waals surface area contributed by atoms with Gasteiger partial charge in [0.15, 0.2) is 0 Å². The average molecular weight is 219 g/mol. The topological polar surface area (TPSA) is 42.1 Å². The molecule has 0 atom stereocenters. The van der Waals surface area contributed by atoms with Crippen molar-refractivity contribution in [2.45, 2.75) is 33.2 Å². The van der Waals surface area contributed by atoms with E-state index in [4.69, 9.17) is 5.73 Å². The summed E-state index contributed by atoms with van der Waals surface area (Å²) >= 11 is 0. The predicted octanol–water partition coefficient (Wildman–Crippen LogP) is 2.09. The smallest absolute Gasteiger partial charge is 0.129 e. The highest BCUT2D eigenvalue weighted by Crippen LogP contribution is 2.31. The molecule has 1 aliphatic carbocycles. The number of rotatable bonds is 5. The van der Waals surface area contributed by atoms with E-state index in [1.165, 1.54) is 18.4 Å². The van der Waals surface area contributed by atoms with Gasteiger partial charge < -0.3 is 10.6 Å². The molecule has 1 aliphatic rings. The highest BCUT2D eigenvalue weighted by molar-refractivity contribution is 5.42. The molecule has 0 aromatic carbocycles. The molecule has 88 valence electrons. The van der Waals surface area contributed by atoms with E-state index in [0.717, 1.165) is 30.5 Å². The molecule has 2 N–H and O–H groups in total. The molecule has 1 saturated carbocycles. The molecule has 1 aromatic heterocycles. The van der Waals surface area contributed by atoms with Gasteiger partial charge in [-0.25, -0.2) is 4.98 Å². The maximum atomic E-state index is 5.70. The summed E-state index contributed by atoms with van der Waals surface area (Å²) in [5, 5.41) is 0. The Bertz CT molecular complexity index is 358. The van der Waals surface area contributed by atoms with Crippen molar-refractivity contribution in [1.29, 1.82) is 0 Å². The number of nitrogens with two attached hydrogens (primary N) is 1. The first kappa shape index (κ1) is 11.4. The Morgan fingerprint density at radius 3 is 2.75 bits per heavy atom. The van der Waals surface area contributed by atoms with Gasteiger partial charge in [-0.2, -0.15) is 0 Å². The number of anilines is 1. The lowest BCUT2D eigenvalue weighted by Crippen LogP contribution is -2.26. The molecule has 3 heteroatoms. The number of hydrogen-bond acceptors (Lipinski definition) is 3. The van der Waals surface area contributed by atoms with Crippen LogP contribution < -0.4 is 10.6 Å². The molecule has 1 heterocycles. The van der Waals surface area contributed by atoms with Gasteiger partial charge in [0.1, 0.15) is 5.82 Å². The molecule has 0 aliphatic heterocycles. The second-order valence-electron chi connectivity index (χ2n) is 4.66. The highest BCUT2D eigenvalue weighted by atomic mass is 15.2. The van der Waals surface area contributed by atoms with Crippen molar-refractivity contribution in [2.24, 2.45) is 11.7 Å². The van der Waals surface area contributed by atoms with Gasteiger partial charge in [-0.15, -0.1) is 0 Å². The minimum absolute atomic E-state index is 0.595.